The lowest BCUT2D eigenvalue weighted by molar-refractivity contribution is -0.275. The van der Waals surface area contributed by atoms with Crippen LogP contribution in [-0.4, -0.2) is 16.5 Å². The molecule has 1 heterocycles. The molecule has 0 radical (unpaired) electrons. The molecule has 0 unspecified atom stereocenters. The topological polar surface area (TPSA) is 42.4 Å². The van der Waals surface area contributed by atoms with Crippen LogP contribution in [0.2, 0.25) is 0 Å². The standard InChI is InChI=1S/C9H7ClF5NO2/c10-2-4-1-5(8(11)12)16-6(3-17)7(4)18-9(13,14)15/h1,8,17H,2-3H2. The Kier molecular flexibility index (Phi) is 4.69. The van der Waals surface area contributed by atoms with E-state index < -0.39 is 42.4 Å². The minimum absolute atomic E-state index is 0.316. The Morgan fingerprint density at radius 2 is 2.00 bits per heavy atom. The van der Waals surface area contributed by atoms with Crippen LogP contribution in [0, 0.1) is 0 Å². The molecule has 9 heteroatoms. The molecule has 0 amide bonds. The minimum atomic E-state index is -5.03. The van der Waals surface area contributed by atoms with Crippen LogP contribution in [0.4, 0.5) is 22.0 Å². The number of hydrogen-bond acceptors (Lipinski definition) is 3. The number of halogens is 6. The van der Waals surface area contributed by atoms with Crippen LogP contribution in [0.1, 0.15) is 23.4 Å². The van der Waals surface area contributed by atoms with Crippen LogP contribution in [0.25, 0.3) is 0 Å². The second-order valence-corrected chi connectivity index (χ2v) is 3.39. The maximum atomic E-state index is 12.4. The number of rotatable bonds is 4. The highest BCUT2D eigenvalue weighted by Gasteiger charge is 2.34. The Hall–Kier alpha value is -1.15. The van der Waals surface area contributed by atoms with Crippen molar-refractivity contribution >= 4 is 11.6 Å². The Labute approximate surface area is 103 Å². The van der Waals surface area contributed by atoms with Crippen LogP contribution >= 0.6 is 11.6 Å². The van der Waals surface area contributed by atoms with Gasteiger partial charge >= 0.3 is 6.36 Å². The van der Waals surface area contributed by atoms with Gasteiger partial charge in [-0.25, -0.2) is 13.8 Å². The summed E-state index contributed by atoms with van der Waals surface area (Å²) in [6.07, 6.45) is -8.02. The lowest BCUT2D eigenvalue weighted by Gasteiger charge is -2.16. The molecule has 1 rings (SSSR count). The first-order valence-corrected chi connectivity index (χ1v) is 5.05. The van der Waals surface area contributed by atoms with E-state index in [0.717, 1.165) is 0 Å². The molecular weight excluding hydrogens is 285 g/mol. The van der Waals surface area contributed by atoms with Crippen molar-refractivity contribution in [3.05, 3.63) is 23.0 Å². The van der Waals surface area contributed by atoms with E-state index in [1.165, 1.54) is 0 Å². The summed E-state index contributed by atoms with van der Waals surface area (Å²) >= 11 is 5.36. The molecule has 0 atom stereocenters. The zero-order chi connectivity index (χ0) is 13.9. The first-order valence-electron chi connectivity index (χ1n) is 4.52. The lowest BCUT2D eigenvalue weighted by Crippen LogP contribution is -2.20. The van der Waals surface area contributed by atoms with Gasteiger partial charge in [-0.1, -0.05) is 0 Å². The maximum Gasteiger partial charge on any atom is 0.573 e. The van der Waals surface area contributed by atoms with E-state index in [1.54, 1.807) is 0 Å². The minimum Gasteiger partial charge on any atom is -0.403 e. The summed E-state index contributed by atoms with van der Waals surface area (Å²) in [4.78, 5) is 3.20. The van der Waals surface area contributed by atoms with Crippen LogP contribution < -0.4 is 4.74 Å². The fourth-order valence-corrected chi connectivity index (χ4v) is 1.43. The highest BCUT2D eigenvalue weighted by atomic mass is 35.5. The smallest absolute Gasteiger partial charge is 0.403 e. The molecule has 1 N–H and O–H groups in total. The van der Waals surface area contributed by atoms with Crippen molar-refractivity contribution < 1.29 is 31.8 Å². The summed E-state index contributed by atoms with van der Waals surface area (Å²) in [5.41, 5.74) is -1.73. The van der Waals surface area contributed by atoms with Gasteiger partial charge in [0.2, 0.25) is 0 Å². The molecule has 0 fully saturated rings. The summed E-state index contributed by atoms with van der Waals surface area (Å²) in [6, 6.07) is 0.706. The molecule has 1 aromatic heterocycles. The Balaban J connectivity index is 3.30. The van der Waals surface area contributed by atoms with Gasteiger partial charge in [-0.2, -0.15) is 0 Å². The SMILES string of the molecule is OCc1nc(C(F)F)cc(CCl)c1OC(F)(F)F. The molecule has 0 aromatic carbocycles. The number of aliphatic hydroxyl groups excluding tert-OH is 1. The van der Waals surface area contributed by atoms with Gasteiger partial charge in [0.05, 0.1) is 12.5 Å². The van der Waals surface area contributed by atoms with Gasteiger partial charge in [-0.05, 0) is 6.07 Å². The monoisotopic (exact) mass is 291 g/mol. The van der Waals surface area contributed by atoms with Gasteiger partial charge in [0.15, 0.2) is 5.75 Å². The molecule has 0 aliphatic heterocycles. The van der Waals surface area contributed by atoms with Crippen molar-refractivity contribution in [2.24, 2.45) is 0 Å². The van der Waals surface area contributed by atoms with Crippen LogP contribution in [-0.2, 0) is 12.5 Å². The van der Waals surface area contributed by atoms with Gasteiger partial charge in [0, 0.05) is 5.56 Å². The molecule has 0 saturated carbocycles. The number of hydrogen-bond donors (Lipinski definition) is 1. The maximum absolute atomic E-state index is 12.4. The Morgan fingerprint density at radius 1 is 1.39 bits per heavy atom. The molecule has 18 heavy (non-hydrogen) atoms. The van der Waals surface area contributed by atoms with Crippen molar-refractivity contribution in [3.8, 4) is 5.75 Å². The molecule has 0 bridgehead atoms. The molecule has 0 saturated heterocycles. The zero-order valence-corrected chi connectivity index (χ0v) is 9.40. The average Bonchev–Trinajstić information content (AvgIpc) is 2.26. The van der Waals surface area contributed by atoms with E-state index in [9.17, 15) is 22.0 Å². The second-order valence-electron chi connectivity index (χ2n) is 3.12. The molecule has 0 aliphatic carbocycles. The van der Waals surface area contributed by atoms with Crippen molar-refractivity contribution in [2.75, 3.05) is 0 Å². The van der Waals surface area contributed by atoms with Crippen molar-refractivity contribution in [1.29, 1.82) is 0 Å². The third kappa shape index (κ3) is 3.67. The predicted molar refractivity (Wildman–Crippen MR) is 51.4 cm³/mol. The highest BCUT2D eigenvalue weighted by Crippen LogP contribution is 2.33. The summed E-state index contributed by atoms with van der Waals surface area (Å²) in [6.45, 7) is -0.976. The quantitative estimate of drug-likeness (QED) is 0.684. The summed E-state index contributed by atoms with van der Waals surface area (Å²) in [5, 5.41) is 8.84. The fourth-order valence-electron chi connectivity index (χ4n) is 1.23. The predicted octanol–water partition coefficient (Wildman–Crippen LogP) is 3.15. The number of nitrogens with zero attached hydrogens (tertiary/aromatic N) is 1. The molecule has 0 spiro atoms. The molecule has 3 nitrogen and oxygen atoms in total. The van der Waals surface area contributed by atoms with Gasteiger partial charge < -0.3 is 9.84 Å². The first kappa shape index (κ1) is 14.9. The van der Waals surface area contributed by atoms with E-state index in [1.807, 2.05) is 0 Å². The van der Waals surface area contributed by atoms with E-state index in [2.05, 4.69) is 9.72 Å². The third-order valence-corrected chi connectivity index (χ3v) is 2.16. The number of aromatic nitrogens is 1. The summed E-state index contributed by atoms with van der Waals surface area (Å²) in [5.74, 6) is -1.33. The van der Waals surface area contributed by atoms with Crippen molar-refractivity contribution in [3.63, 3.8) is 0 Å². The fraction of sp³-hybridized carbons (Fsp3) is 0.444. The number of alkyl halides is 6. The van der Waals surface area contributed by atoms with Crippen molar-refractivity contribution in [1.82, 2.24) is 4.98 Å². The van der Waals surface area contributed by atoms with Gasteiger partial charge in [-0.15, -0.1) is 24.8 Å². The summed E-state index contributed by atoms with van der Waals surface area (Å²) < 4.78 is 64.8. The van der Waals surface area contributed by atoms with Gasteiger partial charge in [-0.3, -0.25) is 0 Å². The van der Waals surface area contributed by atoms with E-state index >= 15 is 0 Å². The summed E-state index contributed by atoms with van der Waals surface area (Å²) in [7, 11) is 0. The van der Waals surface area contributed by atoms with Crippen LogP contribution in [0.15, 0.2) is 6.07 Å². The number of pyridine rings is 1. The van der Waals surface area contributed by atoms with Crippen LogP contribution in [0.5, 0.6) is 5.75 Å². The van der Waals surface area contributed by atoms with E-state index in [4.69, 9.17) is 16.7 Å². The average molecular weight is 292 g/mol. The second kappa shape index (κ2) is 5.66. The van der Waals surface area contributed by atoms with Gasteiger partial charge in [0.1, 0.15) is 11.4 Å². The van der Waals surface area contributed by atoms with Crippen molar-refractivity contribution in [2.45, 2.75) is 25.3 Å². The Morgan fingerprint density at radius 3 is 2.39 bits per heavy atom. The van der Waals surface area contributed by atoms with Gasteiger partial charge in [0.25, 0.3) is 6.43 Å². The number of aliphatic hydroxyl groups is 1. The highest BCUT2D eigenvalue weighted by molar-refractivity contribution is 6.17. The first-order chi connectivity index (χ1) is 8.28. The lowest BCUT2D eigenvalue weighted by atomic mass is 10.2. The molecule has 1 aromatic rings. The van der Waals surface area contributed by atoms with Crippen LogP contribution in [0.3, 0.4) is 0 Å². The third-order valence-electron chi connectivity index (χ3n) is 1.88. The normalized spacial score (nSPS) is 12.0. The molecule has 0 aliphatic rings. The van der Waals surface area contributed by atoms with E-state index in [-0.39, 0.29) is 5.56 Å². The number of ether oxygens (including phenoxy) is 1. The largest absolute Gasteiger partial charge is 0.573 e. The zero-order valence-electron chi connectivity index (χ0n) is 8.64. The molecule has 102 valence electrons. The Bertz CT molecular complexity index is 399. The molecular formula is C9H7ClF5NO2. The van der Waals surface area contributed by atoms with E-state index in [0.29, 0.717) is 6.07 Å².